The van der Waals surface area contributed by atoms with E-state index in [2.05, 4.69) is 10.4 Å². The highest BCUT2D eigenvalue weighted by atomic mass is 35.5. The lowest BCUT2D eigenvalue weighted by atomic mass is 10.2. The maximum Gasteiger partial charge on any atom is 0.352 e. The van der Waals surface area contributed by atoms with Crippen LogP contribution in [-0.4, -0.2) is 33.4 Å². The first-order chi connectivity index (χ1) is 14.8. The van der Waals surface area contributed by atoms with Gasteiger partial charge in [0, 0.05) is 17.1 Å². The highest BCUT2D eigenvalue weighted by molar-refractivity contribution is 6.31. The summed E-state index contributed by atoms with van der Waals surface area (Å²) in [5, 5.41) is 7.24. The molecule has 1 heterocycles. The molecule has 0 saturated heterocycles. The number of amides is 1. The predicted octanol–water partition coefficient (Wildman–Crippen LogP) is 2.63. The van der Waals surface area contributed by atoms with Crippen LogP contribution < -0.4 is 21.3 Å². The molecule has 2 aromatic carbocycles. The summed E-state index contributed by atoms with van der Waals surface area (Å²) in [6, 6.07) is 13.3. The Labute approximate surface area is 184 Å². The Morgan fingerprint density at radius 1 is 1.19 bits per heavy atom. The Kier molecular flexibility index (Phi) is 6.91. The fourth-order valence-electron chi connectivity index (χ4n) is 2.90. The molecule has 0 spiro atoms. The van der Waals surface area contributed by atoms with E-state index in [0.29, 0.717) is 28.4 Å². The molecule has 1 N–H and O–H groups in total. The van der Waals surface area contributed by atoms with Gasteiger partial charge in [0.25, 0.3) is 11.5 Å². The molecule has 31 heavy (non-hydrogen) atoms. The van der Waals surface area contributed by atoms with E-state index in [9.17, 15) is 14.4 Å². The number of ether oxygens (including phenoxy) is 1. The van der Waals surface area contributed by atoms with E-state index in [4.69, 9.17) is 16.3 Å². The van der Waals surface area contributed by atoms with Crippen molar-refractivity contribution in [3.05, 3.63) is 85.6 Å². The molecular weight excluding hydrogens is 420 g/mol. The molecule has 0 aliphatic carbocycles. The van der Waals surface area contributed by atoms with Crippen molar-refractivity contribution in [3.8, 4) is 11.4 Å². The van der Waals surface area contributed by atoms with E-state index in [1.165, 1.54) is 7.11 Å². The fraction of sp³-hybridized carbons (Fsp3) is 0.273. The van der Waals surface area contributed by atoms with Crippen LogP contribution in [0.3, 0.4) is 0 Å². The van der Waals surface area contributed by atoms with Gasteiger partial charge in [0.05, 0.1) is 19.3 Å². The summed E-state index contributed by atoms with van der Waals surface area (Å²) >= 11 is 6.23. The van der Waals surface area contributed by atoms with Gasteiger partial charge in [0.2, 0.25) is 5.69 Å². The average Bonchev–Trinajstić information content (AvgIpc) is 2.77. The van der Waals surface area contributed by atoms with Crippen LogP contribution in [0.4, 0.5) is 0 Å². The van der Waals surface area contributed by atoms with Gasteiger partial charge in [0.15, 0.2) is 0 Å². The second-order valence-corrected chi connectivity index (χ2v) is 7.42. The predicted molar refractivity (Wildman–Crippen MR) is 118 cm³/mol. The van der Waals surface area contributed by atoms with Gasteiger partial charge in [0.1, 0.15) is 5.75 Å². The van der Waals surface area contributed by atoms with Crippen molar-refractivity contribution in [2.24, 2.45) is 0 Å². The summed E-state index contributed by atoms with van der Waals surface area (Å²) in [5.74, 6) is -0.149. The minimum Gasteiger partial charge on any atom is -0.497 e. The number of aromatic nitrogens is 3. The standard InChI is InChI=1S/C22H23ClN4O4/c1-4-14(2)24-20(28)19-21(29)26(13-15-8-5-6-11-18(15)23)22(30)27(25-19)16-9-7-10-17(12-16)31-3/h5-12,14H,4,13H2,1-3H3,(H,24,28)/t14-/m0/s1. The smallest absolute Gasteiger partial charge is 0.352 e. The Hall–Kier alpha value is -3.39. The second kappa shape index (κ2) is 9.61. The van der Waals surface area contributed by atoms with Crippen LogP contribution in [0.5, 0.6) is 5.75 Å². The maximum absolute atomic E-state index is 13.2. The highest BCUT2D eigenvalue weighted by Crippen LogP contribution is 2.16. The summed E-state index contributed by atoms with van der Waals surface area (Å²) in [6.45, 7) is 3.62. The zero-order valence-electron chi connectivity index (χ0n) is 17.5. The molecule has 162 valence electrons. The summed E-state index contributed by atoms with van der Waals surface area (Å²) in [6.07, 6.45) is 0.676. The van der Waals surface area contributed by atoms with E-state index in [0.717, 1.165) is 9.25 Å². The maximum atomic E-state index is 13.2. The number of hydrogen-bond donors (Lipinski definition) is 1. The summed E-state index contributed by atoms with van der Waals surface area (Å²) in [7, 11) is 1.50. The lowest BCUT2D eigenvalue weighted by Crippen LogP contribution is -2.47. The van der Waals surface area contributed by atoms with Gasteiger partial charge in [-0.15, -0.1) is 0 Å². The lowest BCUT2D eigenvalue weighted by molar-refractivity contribution is 0.0929. The zero-order valence-corrected chi connectivity index (χ0v) is 18.2. The van der Waals surface area contributed by atoms with Crippen molar-refractivity contribution < 1.29 is 9.53 Å². The monoisotopic (exact) mass is 442 g/mol. The first-order valence-corrected chi connectivity index (χ1v) is 10.2. The number of rotatable bonds is 7. The Bertz CT molecular complexity index is 1220. The Morgan fingerprint density at radius 3 is 2.61 bits per heavy atom. The average molecular weight is 443 g/mol. The number of nitrogens with one attached hydrogen (secondary N) is 1. The number of carbonyl (C=O) groups is 1. The normalized spacial score (nSPS) is 11.7. The third-order valence-corrected chi connectivity index (χ3v) is 5.22. The van der Waals surface area contributed by atoms with Crippen molar-refractivity contribution >= 4 is 17.5 Å². The number of carbonyl (C=O) groups excluding carboxylic acids is 1. The minimum absolute atomic E-state index is 0.104. The third-order valence-electron chi connectivity index (χ3n) is 4.85. The molecule has 0 bridgehead atoms. The van der Waals surface area contributed by atoms with Crippen molar-refractivity contribution in [1.29, 1.82) is 0 Å². The molecule has 1 amide bonds. The van der Waals surface area contributed by atoms with Crippen LogP contribution in [0.1, 0.15) is 36.3 Å². The van der Waals surface area contributed by atoms with Gasteiger partial charge in [-0.3, -0.25) is 14.2 Å². The van der Waals surface area contributed by atoms with Crippen molar-refractivity contribution in [2.75, 3.05) is 7.11 Å². The van der Waals surface area contributed by atoms with Gasteiger partial charge in [-0.25, -0.2) is 4.79 Å². The molecular formula is C22H23ClN4O4. The van der Waals surface area contributed by atoms with Gasteiger partial charge >= 0.3 is 5.69 Å². The molecule has 0 fully saturated rings. The SMILES string of the molecule is CC[C@H](C)NC(=O)c1nn(-c2cccc(OC)c2)c(=O)n(Cc2ccccc2Cl)c1=O. The molecule has 1 atom stereocenters. The van der Waals surface area contributed by atoms with E-state index in [-0.39, 0.29) is 18.3 Å². The van der Waals surface area contributed by atoms with Gasteiger partial charge < -0.3 is 10.1 Å². The van der Waals surface area contributed by atoms with Crippen LogP contribution >= 0.6 is 11.6 Å². The van der Waals surface area contributed by atoms with E-state index >= 15 is 0 Å². The lowest BCUT2D eigenvalue weighted by Gasteiger charge is -2.15. The summed E-state index contributed by atoms with van der Waals surface area (Å²) in [4.78, 5) is 39.1. The molecule has 0 aliphatic heterocycles. The largest absolute Gasteiger partial charge is 0.497 e. The van der Waals surface area contributed by atoms with Crippen LogP contribution in [-0.2, 0) is 6.54 Å². The number of halogens is 1. The Balaban J connectivity index is 2.22. The molecule has 9 heteroatoms. The quantitative estimate of drug-likeness (QED) is 0.607. The molecule has 3 aromatic rings. The molecule has 1 aromatic heterocycles. The van der Waals surface area contributed by atoms with Gasteiger partial charge in [-0.2, -0.15) is 9.78 Å². The summed E-state index contributed by atoms with van der Waals surface area (Å²) < 4.78 is 7.20. The van der Waals surface area contributed by atoms with Crippen molar-refractivity contribution in [2.45, 2.75) is 32.9 Å². The highest BCUT2D eigenvalue weighted by Gasteiger charge is 2.22. The van der Waals surface area contributed by atoms with E-state index < -0.39 is 17.2 Å². The van der Waals surface area contributed by atoms with Gasteiger partial charge in [-0.05, 0) is 37.1 Å². The molecule has 8 nitrogen and oxygen atoms in total. The van der Waals surface area contributed by atoms with Crippen LogP contribution in [0.2, 0.25) is 5.02 Å². The molecule has 0 aliphatic rings. The van der Waals surface area contributed by atoms with Gasteiger partial charge in [-0.1, -0.05) is 42.8 Å². The van der Waals surface area contributed by atoms with Crippen LogP contribution in [0.15, 0.2) is 58.1 Å². The number of methoxy groups -OCH3 is 1. The second-order valence-electron chi connectivity index (χ2n) is 7.01. The molecule has 0 radical (unpaired) electrons. The molecule has 0 unspecified atom stereocenters. The van der Waals surface area contributed by atoms with E-state index in [1.807, 2.05) is 13.8 Å². The minimum atomic E-state index is -0.787. The first kappa shape index (κ1) is 22.3. The van der Waals surface area contributed by atoms with Crippen LogP contribution in [0.25, 0.3) is 5.69 Å². The molecule has 3 rings (SSSR count). The van der Waals surface area contributed by atoms with Crippen LogP contribution in [0, 0.1) is 0 Å². The number of hydrogen-bond acceptors (Lipinski definition) is 5. The molecule has 0 saturated carbocycles. The first-order valence-electron chi connectivity index (χ1n) is 9.78. The number of nitrogens with zero attached hydrogens (tertiary/aromatic N) is 3. The van der Waals surface area contributed by atoms with Crippen molar-refractivity contribution in [3.63, 3.8) is 0 Å². The topological polar surface area (TPSA) is 95.2 Å². The summed E-state index contributed by atoms with van der Waals surface area (Å²) in [5.41, 5.74) is -0.937. The number of benzene rings is 2. The fourth-order valence-corrected chi connectivity index (χ4v) is 3.09. The third kappa shape index (κ3) is 4.86. The van der Waals surface area contributed by atoms with Crippen molar-refractivity contribution in [1.82, 2.24) is 19.7 Å². The van der Waals surface area contributed by atoms with E-state index in [1.54, 1.807) is 48.5 Å². The Morgan fingerprint density at radius 2 is 1.94 bits per heavy atom. The zero-order chi connectivity index (χ0) is 22.5.